The van der Waals surface area contributed by atoms with E-state index in [0.717, 1.165) is 12.1 Å². The molecule has 0 amide bonds. The minimum Gasteiger partial charge on any atom is -0.315 e. The van der Waals surface area contributed by atoms with Crippen molar-refractivity contribution in [2.24, 2.45) is 0 Å². The molecule has 0 aromatic rings. The summed E-state index contributed by atoms with van der Waals surface area (Å²) >= 11 is 0. The van der Waals surface area contributed by atoms with Gasteiger partial charge in [0.15, 0.2) is 0 Å². The smallest absolute Gasteiger partial charge is 0.0238 e. The number of hydrogen-bond acceptors (Lipinski definition) is 3. The molecule has 2 heterocycles. The van der Waals surface area contributed by atoms with Gasteiger partial charge >= 0.3 is 0 Å². The van der Waals surface area contributed by atoms with Crippen molar-refractivity contribution in [2.45, 2.75) is 44.7 Å². The summed E-state index contributed by atoms with van der Waals surface area (Å²) in [7, 11) is 2.25. The molecule has 3 nitrogen and oxygen atoms in total. The average Bonchev–Trinajstić information content (AvgIpc) is 2.74. The van der Waals surface area contributed by atoms with Crippen LogP contribution in [-0.2, 0) is 0 Å². The highest BCUT2D eigenvalue weighted by molar-refractivity contribution is 4.88. The largest absolute Gasteiger partial charge is 0.315 e. The maximum atomic E-state index is 3.55. The minimum absolute atomic E-state index is 0.796. The third-order valence-corrected chi connectivity index (χ3v) is 4.06. The molecule has 2 aliphatic rings. The van der Waals surface area contributed by atoms with Crippen molar-refractivity contribution in [3.63, 3.8) is 0 Å². The first-order valence-electron chi connectivity index (χ1n) is 6.96. The molecule has 2 saturated heterocycles. The van der Waals surface area contributed by atoms with Crippen LogP contribution in [0.4, 0.5) is 0 Å². The fraction of sp³-hybridized carbons (Fsp3) is 1.00. The first-order valence-corrected chi connectivity index (χ1v) is 6.96. The van der Waals surface area contributed by atoms with Crippen molar-refractivity contribution in [2.75, 3.05) is 39.8 Å². The lowest BCUT2D eigenvalue weighted by atomic mass is 10.0. The molecule has 0 aliphatic carbocycles. The van der Waals surface area contributed by atoms with E-state index in [2.05, 4.69) is 29.1 Å². The lowest BCUT2D eigenvalue weighted by Gasteiger charge is -2.38. The molecule has 2 unspecified atom stereocenters. The summed E-state index contributed by atoms with van der Waals surface area (Å²) in [5.41, 5.74) is 0. The lowest BCUT2D eigenvalue weighted by Crippen LogP contribution is -2.51. The van der Waals surface area contributed by atoms with Crippen LogP contribution in [0.2, 0.25) is 0 Å². The number of hydrogen-bond donors (Lipinski definition) is 1. The number of likely N-dealkylation sites (N-methyl/N-ethyl adjacent to an activating group) is 1. The normalized spacial score (nSPS) is 32.4. The maximum absolute atomic E-state index is 3.55. The number of piperidine rings is 1. The van der Waals surface area contributed by atoms with Crippen molar-refractivity contribution in [1.29, 1.82) is 0 Å². The second-order valence-electron chi connectivity index (χ2n) is 5.44. The van der Waals surface area contributed by atoms with Crippen LogP contribution in [0.1, 0.15) is 32.6 Å². The van der Waals surface area contributed by atoms with Gasteiger partial charge in [-0.2, -0.15) is 0 Å². The Kier molecular flexibility index (Phi) is 4.62. The summed E-state index contributed by atoms with van der Waals surface area (Å²) in [6.07, 6.45) is 5.41. The molecule has 0 spiro atoms. The summed E-state index contributed by atoms with van der Waals surface area (Å²) in [5.74, 6) is 0. The molecule has 0 radical (unpaired) electrons. The highest BCUT2D eigenvalue weighted by Crippen LogP contribution is 2.20. The Balaban J connectivity index is 1.92. The predicted octanol–water partition coefficient (Wildman–Crippen LogP) is 1.15. The van der Waals surface area contributed by atoms with E-state index in [1.807, 2.05) is 0 Å². The van der Waals surface area contributed by atoms with Crippen LogP contribution in [0, 0.1) is 0 Å². The molecule has 2 atom stereocenters. The molecule has 2 fully saturated rings. The van der Waals surface area contributed by atoms with Gasteiger partial charge in [0, 0.05) is 25.2 Å². The molecule has 0 saturated carbocycles. The standard InChI is InChI=1S/C13H27N3/c1-3-8-16(12-5-4-7-14-10-12)13-6-9-15(2)11-13/h12-14H,3-11H2,1-2H3. The molecule has 2 aliphatic heterocycles. The summed E-state index contributed by atoms with van der Waals surface area (Å²) in [4.78, 5) is 5.26. The van der Waals surface area contributed by atoms with E-state index < -0.39 is 0 Å². The minimum atomic E-state index is 0.796. The van der Waals surface area contributed by atoms with Gasteiger partial charge in [0.2, 0.25) is 0 Å². The highest BCUT2D eigenvalue weighted by Gasteiger charge is 2.30. The van der Waals surface area contributed by atoms with Gasteiger partial charge in [-0.05, 0) is 52.4 Å². The van der Waals surface area contributed by atoms with Crippen molar-refractivity contribution in [3.05, 3.63) is 0 Å². The van der Waals surface area contributed by atoms with Gasteiger partial charge < -0.3 is 10.2 Å². The second kappa shape index (κ2) is 5.99. The van der Waals surface area contributed by atoms with Crippen LogP contribution >= 0.6 is 0 Å². The van der Waals surface area contributed by atoms with Crippen LogP contribution in [0.5, 0.6) is 0 Å². The van der Waals surface area contributed by atoms with Crippen LogP contribution < -0.4 is 5.32 Å². The molecule has 3 heteroatoms. The number of nitrogens with zero attached hydrogens (tertiary/aromatic N) is 2. The molecule has 2 rings (SSSR count). The van der Waals surface area contributed by atoms with Gasteiger partial charge in [0.05, 0.1) is 0 Å². The second-order valence-corrected chi connectivity index (χ2v) is 5.44. The SMILES string of the molecule is CCCN(C1CCCNC1)C1CCN(C)C1. The van der Waals surface area contributed by atoms with E-state index in [4.69, 9.17) is 0 Å². The Morgan fingerprint density at radius 3 is 2.75 bits per heavy atom. The Hall–Kier alpha value is -0.120. The topological polar surface area (TPSA) is 18.5 Å². The Morgan fingerprint density at radius 2 is 2.19 bits per heavy atom. The summed E-state index contributed by atoms with van der Waals surface area (Å²) < 4.78 is 0. The quantitative estimate of drug-likeness (QED) is 0.774. The molecule has 16 heavy (non-hydrogen) atoms. The molecular weight excluding hydrogens is 198 g/mol. The van der Waals surface area contributed by atoms with Gasteiger partial charge in [-0.3, -0.25) is 4.90 Å². The predicted molar refractivity (Wildman–Crippen MR) is 68.8 cm³/mol. The van der Waals surface area contributed by atoms with Gasteiger partial charge in [-0.15, -0.1) is 0 Å². The Bertz CT molecular complexity index is 197. The van der Waals surface area contributed by atoms with Crippen molar-refractivity contribution < 1.29 is 0 Å². The Morgan fingerprint density at radius 1 is 1.31 bits per heavy atom. The fourth-order valence-electron chi connectivity index (χ4n) is 3.22. The third kappa shape index (κ3) is 2.96. The Labute approximate surface area is 100 Å². The van der Waals surface area contributed by atoms with E-state index in [-0.39, 0.29) is 0 Å². The number of likely N-dealkylation sites (tertiary alicyclic amines) is 1. The molecule has 0 aromatic carbocycles. The van der Waals surface area contributed by atoms with E-state index in [1.165, 1.54) is 58.4 Å². The monoisotopic (exact) mass is 225 g/mol. The summed E-state index contributed by atoms with van der Waals surface area (Å²) in [6, 6.07) is 1.61. The van der Waals surface area contributed by atoms with E-state index in [0.29, 0.717) is 0 Å². The average molecular weight is 225 g/mol. The molecule has 0 aromatic heterocycles. The van der Waals surface area contributed by atoms with E-state index in [1.54, 1.807) is 0 Å². The zero-order chi connectivity index (χ0) is 11.4. The van der Waals surface area contributed by atoms with Gasteiger partial charge in [-0.1, -0.05) is 6.92 Å². The lowest BCUT2D eigenvalue weighted by molar-refractivity contribution is 0.115. The number of nitrogens with one attached hydrogen (secondary N) is 1. The zero-order valence-electron chi connectivity index (χ0n) is 10.9. The number of rotatable bonds is 4. The van der Waals surface area contributed by atoms with Crippen molar-refractivity contribution in [1.82, 2.24) is 15.1 Å². The van der Waals surface area contributed by atoms with Crippen LogP contribution in [-0.4, -0.2) is 61.7 Å². The van der Waals surface area contributed by atoms with Crippen molar-refractivity contribution >= 4 is 0 Å². The van der Waals surface area contributed by atoms with Gasteiger partial charge in [0.25, 0.3) is 0 Å². The summed E-state index contributed by atoms with van der Waals surface area (Å²) in [5, 5.41) is 3.55. The first-order chi connectivity index (χ1) is 7.81. The van der Waals surface area contributed by atoms with Crippen LogP contribution in [0.25, 0.3) is 0 Å². The van der Waals surface area contributed by atoms with Crippen LogP contribution in [0.3, 0.4) is 0 Å². The molecule has 94 valence electrons. The maximum Gasteiger partial charge on any atom is 0.0238 e. The first kappa shape index (κ1) is 12.3. The van der Waals surface area contributed by atoms with Gasteiger partial charge in [0.1, 0.15) is 0 Å². The van der Waals surface area contributed by atoms with E-state index >= 15 is 0 Å². The fourth-order valence-corrected chi connectivity index (χ4v) is 3.22. The molecule has 1 N–H and O–H groups in total. The third-order valence-electron chi connectivity index (χ3n) is 4.06. The molecule has 0 bridgehead atoms. The zero-order valence-corrected chi connectivity index (χ0v) is 10.9. The molecular formula is C13H27N3. The van der Waals surface area contributed by atoms with Gasteiger partial charge in [-0.25, -0.2) is 0 Å². The summed E-state index contributed by atoms with van der Waals surface area (Å²) in [6.45, 7) is 8.58. The highest BCUT2D eigenvalue weighted by atomic mass is 15.3. The van der Waals surface area contributed by atoms with Crippen LogP contribution in [0.15, 0.2) is 0 Å². The van der Waals surface area contributed by atoms with Crippen molar-refractivity contribution in [3.8, 4) is 0 Å². The van der Waals surface area contributed by atoms with E-state index in [9.17, 15) is 0 Å².